The van der Waals surface area contributed by atoms with Gasteiger partial charge in [-0.2, -0.15) is 0 Å². The Hall–Kier alpha value is -1.65. The van der Waals surface area contributed by atoms with E-state index in [9.17, 15) is 4.79 Å². The Bertz CT molecular complexity index is 731. The summed E-state index contributed by atoms with van der Waals surface area (Å²) in [7, 11) is 0. The summed E-state index contributed by atoms with van der Waals surface area (Å²) in [6, 6.07) is 16.5. The van der Waals surface area contributed by atoms with Crippen LogP contribution < -0.4 is 5.32 Å². The van der Waals surface area contributed by atoms with Crippen LogP contribution in [0.1, 0.15) is 30.9 Å². The zero-order valence-electron chi connectivity index (χ0n) is 14.7. The Morgan fingerprint density at radius 2 is 2.08 bits per heavy atom. The molecular formula is C21H25BrN2O. The summed E-state index contributed by atoms with van der Waals surface area (Å²) < 4.78 is 1.10. The van der Waals surface area contributed by atoms with Crippen LogP contribution in [0, 0.1) is 5.92 Å². The lowest BCUT2D eigenvalue weighted by atomic mass is 9.96. The summed E-state index contributed by atoms with van der Waals surface area (Å²) in [6.07, 6.45) is 2.97. The molecule has 3 nitrogen and oxygen atoms in total. The number of carbonyl (C=O) groups is 1. The molecule has 0 radical (unpaired) electrons. The van der Waals surface area contributed by atoms with Gasteiger partial charge in [0.2, 0.25) is 5.91 Å². The number of aryl methyl sites for hydroxylation is 1. The fourth-order valence-corrected chi connectivity index (χ4v) is 3.94. The predicted octanol–water partition coefficient (Wildman–Crippen LogP) is 4.86. The van der Waals surface area contributed by atoms with Crippen molar-refractivity contribution in [1.82, 2.24) is 4.90 Å². The van der Waals surface area contributed by atoms with E-state index < -0.39 is 0 Å². The van der Waals surface area contributed by atoms with Crippen molar-refractivity contribution in [2.24, 2.45) is 5.92 Å². The highest BCUT2D eigenvalue weighted by atomic mass is 79.9. The van der Waals surface area contributed by atoms with Crippen LogP contribution >= 0.6 is 15.9 Å². The Labute approximate surface area is 158 Å². The Morgan fingerprint density at radius 3 is 2.88 bits per heavy atom. The van der Waals surface area contributed by atoms with Gasteiger partial charge in [0.25, 0.3) is 0 Å². The molecule has 0 saturated carbocycles. The number of carbonyl (C=O) groups excluding carboxylic acids is 1. The lowest BCUT2D eigenvalue weighted by molar-refractivity contribution is -0.121. The number of anilines is 1. The molecule has 1 aliphatic heterocycles. The second kappa shape index (κ2) is 8.63. The van der Waals surface area contributed by atoms with Gasteiger partial charge < -0.3 is 5.32 Å². The van der Waals surface area contributed by atoms with E-state index in [1.165, 1.54) is 11.1 Å². The topological polar surface area (TPSA) is 32.3 Å². The second-order valence-electron chi connectivity index (χ2n) is 6.70. The summed E-state index contributed by atoms with van der Waals surface area (Å²) in [4.78, 5) is 15.1. The first-order chi connectivity index (χ1) is 12.2. The number of para-hydroxylation sites is 1. The molecule has 1 amide bonds. The molecule has 0 aliphatic carbocycles. The van der Waals surface area contributed by atoms with E-state index in [0.717, 1.165) is 49.1 Å². The average Bonchev–Trinajstić information content (AvgIpc) is 2.62. The number of amides is 1. The molecular weight excluding hydrogens is 376 g/mol. The van der Waals surface area contributed by atoms with Gasteiger partial charge >= 0.3 is 0 Å². The maximum atomic E-state index is 12.7. The zero-order chi connectivity index (χ0) is 17.6. The van der Waals surface area contributed by atoms with Crippen LogP contribution in [0.25, 0.3) is 0 Å². The van der Waals surface area contributed by atoms with Crippen molar-refractivity contribution in [2.75, 3.05) is 18.4 Å². The van der Waals surface area contributed by atoms with Crippen molar-refractivity contribution in [3.05, 3.63) is 64.1 Å². The van der Waals surface area contributed by atoms with Crippen molar-refractivity contribution < 1.29 is 4.79 Å². The lowest BCUT2D eigenvalue weighted by Crippen LogP contribution is -2.40. The number of rotatable bonds is 5. The number of nitrogens with one attached hydrogen (secondary N) is 1. The molecule has 2 aromatic carbocycles. The van der Waals surface area contributed by atoms with Crippen molar-refractivity contribution in [3.8, 4) is 0 Å². The van der Waals surface area contributed by atoms with E-state index in [2.05, 4.69) is 57.3 Å². The first kappa shape index (κ1) is 18.2. The third-order valence-corrected chi connectivity index (χ3v) is 5.32. The maximum absolute atomic E-state index is 12.7. The summed E-state index contributed by atoms with van der Waals surface area (Å²) in [5, 5.41) is 3.15. The van der Waals surface area contributed by atoms with Gasteiger partial charge in [-0.3, -0.25) is 9.69 Å². The number of likely N-dealkylation sites (tertiary alicyclic amines) is 1. The number of nitrogens with zero attached hydrogens (tertiary/aromatic N) is 1. The molecule has 2 aromatic rings. The van der Waals surface area contributed by atoms with Crippen molar-refractivity contribution in [3.63, 3.8) is 0 Å². The largest absolute Gasteiger partial charge is 0.326 e. The van der Waals surface area contributed by atoms with Gasteiger partial charge in [0.1, 0.15) is 0 Å². The summed E-state index contributed by atoms with van der Waals surface area (Å²) in [6.45, 7) is 4.90. The molecule has 25 heavy (non-hydrogen) atoms. The minimum atomic E-state index is 0.0609. The standard InChI is InChI=1S/C21H25BrN2O/c1-2-17-8-3-4-11-20(17)23-21(25)18-9-6-12-24(15-18)14-16-7-5-10-19(22)13-16/h3-5,7-8,10-11,13,18H,2,6,9,12,14-15H2,1H3,(H,23,25). The molecule has 1 aliphatic rings. The maximum Gasteiger partial charge on any atom is 0.228 e. The van der Waals surface area contributed by atoms with Gasteiger partial charge in [-0.1, -0.05) is 53.2 Å². The normalized spacial score (nSPS) is 18.1. The van der Waals surface area contributed by atoms with Crippen LogP contribution in [0.3, 0.4) is 0 Å². The average molecular weight is 401 g/mol. The van der Waals surface area contributed by atoms with Gasteiger partial charge in [0.05, 0.1) is 5.92 Å². The summed E-state index contributed by atoms with van der Waals surface area (Å²) in [5.41, 5.74) is 3.43. The first-order valence-corrected chi connectivity index (χ1v) is 9.80. The van der Waals surface area contributed by atoms with E-state index in [1.807, 2.05) is 24.3 Å². The summed E-state index contributed by atoms with van der Waals surface area (Å²) >= 11 is 3.53. The molecule has 0 aromatic heterocycles. The van der Waals surface area contributed by atoms with Gasteiger partial charge in [0, 0.05) is 23.2 Å². The van der Waals surface area contributed by atoms with Gasteiger partial charge in [0.15, 0.2) is 0 Å². The monoisotopic (exact) mass is 400 g/mol. The number of halogens is 1. The van der Waals surface area contributed by atoms with Crippen LogP contribution in [-0.2, 0) is 17.8 Å². The number of benzene rings is 2. The molecule has 132 valence electrons. The van der Waals surface area contributed by atoms with Crippen molar-refractivity contribution in [2.45, 2.75) is 32.7 Å². The van der Waals surface area contributed by atoms with Crippen LogP contribution in [0.15, 0.2) is 53.0 Å². The smallest absolute Gasteiger partial charge is 0.228 e. The van der Waals surface area contributed by atoms with E-state index in [1.54, 1.807) is 0 Å². The molecule has 1 atom stereocenters. The molecule has 1 unspecified atom stereocenters. The minimum absolute atomic E-state index is 0.0609. The molecule has 1 N–H and O–H groups in total. The van der Waals surface area contributed by atoms with Crippen LogP contribution in [0.5, 0.6) is 0 Å². The molecule has 0 spiro atoms. The fourth-order valence-electron chi connectivity index (χ4n) is 3.49. The predicted molar refractivity (Wildman–Crippen MR) is 107 cm³/mol. The molecule has 0 bridgehead atoms. The Morgan fingerprint density at radius 1 is 1.24 bits per heavy atom. The highest BCUT2D eigenvalue weighted by molar-refractivity contribution is 9.10. The third kappa shape index (κ3) is 4.93. The molecule has 1 fully saturated rings. The molecule has 1 heterocycles. The quantitative estimate of drug-likeness (QED) is 0.776. The molecule has 4 heteroatoms. The van der Waals surface area contributed by atoms with Crippen LogP contribution in [-0.4, -0.2) is 23.9 Å². The minimum Gasteiger partial charge on any atom is -0.326 e. The second-order valence-corrected chi connectivity index (χ2v) is 7.62. The van der Waals surface area contributed by atoms with E-state index in [-0.39, 0.29) is 11.8 Å². The summed E-state index contributed by atoms with van der Waals surface area (Å²) in [5.74, 6) is 0.214. The van der Waals surface area contributed by atoms with Crippen LogP contribution in [0.2, 0.25) is 0 Å². The van der Waals surface area contributed by atoms with Crippen LogP contribution in [0.4, 0.5) is 5.69 Å². The lowest BCUT2D eigenvalue weighted by Gasteiger charge is -2.32. The first-order valence-electron chi connectivity index (χ1n) is 9.01. The van der Waals surface area contributed by atoms with Crippen molar-refractivity contribution >= 4 is 27.5 Å². The number of hydrogen-bond donors (Lipinski definition) is 1. The van der Waals surface area contributed by atoms with E-state index in [4.69, 9.17) is 0 Å². The van der Waals surface area contributed by atoms with E-state index in [0.29, 0.717) is 0 Å². The number of piperidine rings is 1. The fraction of sp³-hybridized carbons (Fsp3) is 0.381. The molecule has 3 rings (SSSR count). The Kier molecular flexibility index (Phi) is 6.27. The molecule has 1 saturated heterocycles. The van der Waals surface area contributed by atoms with Gasteiger partial charge in [-0.25, -0.2) is 0 Å². The van der Waals surface area contributed by atoms with Gasteiger partial charge in [-0.15, -0.1) is 0 Å². The van der Waals surface area contributed by atoms with Crippen molar-refractivity contribution in [1.29, 1.82) is 0 Å². The number of hydrogen-bond acceptors (Lipinski definition) is 2. The zero-order valence-corrected chi connectivity index (χ0v) is 16.3. The van der Waals surface area contributed by atoms with Gasteiger partial charge in [-0.05, 0) is 55.1 Å². The Balaban J connectivity index is 1.61. The third-order valence-electron chi connectivity index (χ3n) is 4.83. The SMILES string of the molecule is CCc1ccccc1NC(=O)C1CCCN(Cc2cccc(Br)c2)C1. The van der Waals surface area contributed by atoms with E-state index >= 15 is 0 Å². The highest BCUT2D eigenvalue weighted by Crippen LogP contribution is 2.23. The highest BCUT2D eigenvalue weighted by Gasteiger charge is 2.26.